The van der Waals surface area contributed by atoms with Gasteiger partial charge in [-0.05, 0) is 53.6 Å². The van der Waals surface area contributed by atoms with E-state index < -0.39 is 0 Å². The summed E-state index contributed by atoms with van der Waals surface area (Å²) in [7, 11) is 0. The standard InChI is InChI=1S/C39H24N6/c40-25-26-15-17-32-31-13-7-8-14-34(31)45(36(32)23-26)35-18-16-30(27-19-21-41-22-20-27)24-33(35)39-43-37(28-9-3-1-4-10-28)42-38(44-39)29-11-5-2-6-12-29/h1-24H. The molecule has 0 saturated heterocycles. The summed E-state index contributed by atoms with van der Waals surface area (Å²) < 4.78 is 2.21. The van der Waals surface area contributed by atoms with Gasteiger partial charge in [-0.2, -0.15) is 5.26 Å². The van der Waals surface area contributed by atoms with Gasteiger partial charge in [-0.3, -0.25) is 4.98 Å². The second-order valence-electron chi connectivity index (χ2n) is 10.7. The molecule has 0 radical (unpaired) electrons. The van der Waals surface area contributed by atoms with Crippen LogP contribution in [0.5, 0.6) is 0 Å². The molecule has 3 aromatic heterocycles. The topological polar surface area (TPSA) is 80.3 Å². The zero-order chi connectivity index (χ0) is 30.2. The normalized spacial score (nSPS) is 11.1. The molecular weight excluding hydrogens is 552 g/mol. The summed E-state index contributed by atoms with van der Waals surface area (Å²) in [6.07, 6.45) is 3.59. The molecule has 0 aliphatic rings. The molecule has 0 unspecified atom stereocenters. The van der Waals surface area contributed by atoms with Crippen LogP contribution in [0, 0.1) is 11.3 Å². The highest BCUT2D eigenvalue weighted by Crippen LogP contribution is 2.38. The second-order valence-corrected chi connectivity index (χ2v) is 10.7. The molecule has 0 saturated carbocycles. The maximum Gasteiger partial charge on any atom is 0.166 e. The van der Waals surface area contributed by atoms with Crippen molar-refractivity contribution >= 4 is 21.8 Å². The third-order valence-corrected chi connectivity index (χ3v) is 7.99. The highest BCUT2D eigenvalue weighted by Gasteiger charge is 2.20. The monoisotopic (exact) mass is 576 g/mol. The summed E-state index contributed by atoms with van der Waals surface area (Å²) in [4.78, 5) is 19.3. The van der Waals surface area contributed by atoms with E-state index in [1.165, 1.54) is 0 Å². The maximum atomic E-state index is 9.81. The SMILES string of the molecule is N#Cc1ccc2c3ccccc3n(-c3ccc(-c4ccncc4)cc3-c3nc(-c4ccccc4)nc(-c4ccccc4)n3)c2c1. The van der Waals surface area contributed by atoms with Crippen molar-refractivity contribution in [1.29, 1.82) is 5.26 Å². The lowest BCUT2D eigenvalue weighted by atomic mass is 10.0. The van der Waals surface area contributed by atoms with E-state index >= 15 is 0 Å². The lowest BCUT2D eigenvalue weighted by Gasteiger charge is -2.16. The summed E-state index contributed by atoms with van der Waals surface area (Å²) in [5, 5.41) is 12.0. The zero-order valence-corrected chi connectivity index (χ0v) is 24.0. The number of aromatic nitrogens is 5. The largest absolute Gasteiger partial charge is 0.308 e. The molecule has 210 valence electrons. The Balaban J connectivity index is 1.47. The van der Waals surface area contributed by atoms with Gasteiger partial charge >= 0.3 is 0 Å². The molecule has 0 bridgehead atoms. The molecule has 0 amide bonds. The molecule has 6 nitrogen and oxygen atoms in total. The molecule has 6 heteroatoms. The van der Waals surface area contributed by atoms with Gasteiger partial charge in [0.25, 0.3) is 0 Å². The summed E-state index contributed by atoms with van der Waals surface area (Å²) in [5.41, 5.74) is 8.16. The fourth-order valence-corrected chi connectivity index (χ4v) is 5.86. The third-order valence-electron chi connectivity index (χ3n) is 7.99. The minimum absolute atomic E-state index is 0.552. The van der Waals surface area contributed by atoms with Crippen LogP contribution in [0.25, 0.3) is 72.8 Å². The van der Waals surface area contributed by atoms with E-state index in [2.05, 4.69) is 46.0 Å². The van der Waals surface area contributed by atoms with Crippen LogP contribution in [-0.4, -0.2) is 24.5 Å². The van der Waals surface area contributed by atoms with Crippen LogP contribution in [-0.2, 0) is 0 Å². The first kappa shape index (κ1) is 26.2. The smallest absolute Gasteiger partial charge is 0.166 e. The van der Waals surface area contributed by atoms with Gasteiger partial charge in [0.2, 0.25) is 0 Å². The number of nitriles is 1. The number of nitrogens with zero attached hydrogens (tertiary/aromatic N) is 6. The van der Waals surface area contributed by atoms with E-state index in [4.69, 9.17) is 15.0 Å². The molecule has 0 atom stereocenters. The van der Waals surface area contributed by atoms with E-state index in [0.717, 1.165) is 55.3 Å². The van der Waals surface area contributed by atoms with Crippen LogP contribution in [0.2, 0.25) is 0 Å². The lowest BCUT2D eigenvalue weighted by Crippen LogP contribution is -2.04. The van der Waals surface area contributed by atoms with Gasteiger partial charge in [-0.15, -0.1) is 0 Å². The first-order chi connectivity index (χ1) is 22.3. The molecule has 0 N–H and O–H groups in total. The fourth-order valence-electron chi connectivity index (χ4n) is 5.86. The van der Waals surface area contributed by atoms with E-state index in [1.807, 2.05) is 103 Å². The molecule has 3 heterocycles. The van der Waals surface area contributed by atoms with Gasteiger partial charge in [0.1, 0.15) is 0 Å². The van der Waals surface area contributed by atoms with Crippen molar-refractivity contribution in [2.24, 2.45) is 0 Å². The number of rotatable bonds is 5. The zero-order valence-electron chi connectivity index (χ0n) is 24.0. The Morgan fingerprint density at radius 2 is 1.11 bits per heavy atom. The van der Waals surface area contributed by atoms with Crippen molar-refractivity contribution in [3.05, 3.63) is 151 Å². The van der Waals surface area contributed by atoms with Crippen LogP contribution in [0.4, 0.5) is 0 Å². The lowest BCUT2D eigenvalue weighted by molar-refractivity contribution is 1.06. The van der Waals surface area contributed by atoms with E-state index in [-0.39, 0.29) is 0 Å². The van der Waals surface area contributed by atoms with Gasteiger partial charge in [0.05, 0.1) is 28.4 Å². The van der Waals surface area contributed by atoms with Gasteiger partial charge < -0.3 is 4.57 Å². The number of fused-ring (bicyclic) bond motifs is 3. The van der Waals surface area contributed by atoms with Crippen molar-refractivity contribution in [1.82, 2.24) is 24.5 Å². The first-order valence-electron chi connectivity index (χ1n) is 14.6. The van der Waals surface area contributed by atoms with Crippen molar-refractivity contribution in [2.75, 3.05) is 0 Å². The van der Waals surface area contributed by atoms with Crippen LogP contribution in [0.1, 0.15) is 5.56 Å². The quantitative estimate of drug-likeness (QED) is 0.204. The van der Waals surface area contributed by atoms with Crippen molar-refractivity contribution < 1.29 is 0 Å². The fraction of sp³-hybridized carbons (Fsp3) is 0. The molecule has 45 heavy (non-hydrogen) atoms. The highest BCUT2D eigenvalue weighted by atomic mass is 15.1. The molecule has 0 aliphatic heterocycles. The van der Waals surface area contributed by atoms with Gasteiger partial charge in [-0.25, -0.2) is 15.0 Å². The van der Waals surface area contributed by atoms with E-state index in [9.17, 15) is 5.26 Å². The van der Waals surface area contributed by atoms with E-state index in [1.54, 1.807) is 12.4 Å². The highest BCUT2D eigenvalue weighted by molar-refractivity contribution is 6.10. The van der Waals surface area contributed by atoms with Crippen LogP contribution < -0.4 is 0 Å². The number of hydrogen-bond acceptors (Lipinski definition) is 5. The van der Waals surface area contributed by atoms with Crippen LogP contribution in [0.15, 0.2) is 146 Å². The third kappa shape index (κ3) is 4.69. The summed E-state index contributed by atoms with van der Waals surface area (Å²) >= 11 is 0. The Morgan fingerprint density at radius 1 is 0.489 bits per heavy atom. The number of para-hydroxylation sites is 1. The average Bonchev–Trinajstić information content (AvgIpc) is 3.45. The Morgan fingerprint density at radius 3 is 1.80 bits per heavy atom. The van der Waals surface area contributed by atoms with Gasteiger partial charge in [0.15, 0.2) is 17.5 Å². The molecule has 0 aliphatic carbocycles. The van der Waals surface area contributed by atoms with Crippen molar-refractivity contribution in [2.45, 2.75) is 0 Å². The Hall–Kier alpha value is -6.45. The summed E-state index contributed by atoms with van der Waals surface area (Å²) in [5.74, 6) is 1.73. The van der Waals surface area contributed by atoms with Gasteiger partial charge in [-0.1, -0.05) is 91.0 Å². The molecule has 0 spiro atoms. The Labute approximate surface area is 259 Å². The predicted molar refractivity (Wildman–Crippen MR) is 178 cm³/mol. The Bertz CT molecular complexity index is 2320. The predicted octanol–water partition coefficient (Wildman–Crippen LogP) is 8.90. The molecular formula is C39H24N6. The first-order valence-corrected chi connectivity index (χ1v) is 14.6. The number of benzene rings is 5. The van der Waals surface area contributed by atoms with E-state index in [0.29, 0.717) is 23.0 Å². The number of hydrogen-bond donors (Lipinski definition) is 0. The van der Waals surface area contributed by atoms with Gasteiger partial charge in [0, 0.05) is 39.9 Å². The Kier molecular flexibility index (Phi) is 6.40. The number of pyridine rings is 1. The van der Waals surface area contributed by atoms with Crippen LogP contribution >= 0.6 is 0 Å². The minimum atomic E-state index is 0.552. The molecule has 0 fully saturated rings. The second kappa shape index (κ2) is 11.0. The van der Waals surface area contributed by atoms with Crippen molar-refractivity contribution in [3.8, 4) is 57.0 Å². The molecule has 8 rings (SSSR count). The molecule has 8 aromatic rings. The maximum absolute atomic E-state index is 9.81. The summed E-state index contributed by atoms with van der Waals surface area (Å²) in [6.45, 7) is 0. The van der Waals surface area contributed by atoms with Crippen LogP contribution in [0.3, 0.4) is 0 Å². The summed E-state index contributed by atoms with van der Waals surface area (Å²) in [6, 6.07) is 46.8. The average molecular weight is 577 g/mol. The van der Waals surface area contributed by atoms with Crippen molar-refractivity contribution in [3.63, 3.8) is 0 Å². The molecule has 5 aromatic carbocycles. The minimum Gasteiger partial charge on any atom is -0.308 e.